The van der Waals surface area contributed by atoms with Crippen LogP contribution in [-0.2, 0) is 6.42 Å². The molecule has 4 nitrogen and oxygen atoms in total. The molecule has 1 aromatic carbocycles. The van der Waals surface area contributed by atoms with Crippen molar-refractivity contribution < 1.29 is 4.42 Å². The fourth-order valence-electron chi connectivity index (χ4n) is 1.64. The molecule has 0 fully saturated rings. The Hall–Kier alpha value is -0.910. The van der Waals surface area contributed by atoms with Gasteiger partial charge in [0.05, 0.1) is 5.02 Å². The Labute approximate surface area is 132 Å². The molecule has 0 radical (unpaired) electrons. The van der Waals surface area contributed by atoms with Crippen LogP contribution in [0.2, 0.25) is 5.02 Å². The Morgan fingerprint density at radius 3 is 2.70 bits per heavy atom. The first-order valence-corrected chi connectivity index (χ1v) is 7.55. The van der Waals surface area contributed by atoms with Crippen LogP contribution < -0.4 is 5.32 Å². The van der Waals surface area contributed by atoms with Gasteiger partial charge >= 0.3 is 0 Å². The van der Waals surface area contributed by atoms with E-state index in [1.54, 1.807) is 6.07 Å². The summed E-state index contributed by atoms with van der Waals surface area (Å²) in [6.45, 7) is 7.17. The van der Waals surface area contributed by atoms with Gasteiger partial charge < -0.3 is 9.73 Å². The molecule has 0 saturated heterocycles. The molecule has 1 N–H and O–H groups in total. The van der Waals surface area contributed by atoms with Gasteiger partial charge in [0.15, 0.2) is 0 Å². The van der Waals surface area contributed by atoms with Gasteiger partial charge in [-0.3, -0.25) is 0 Å². The molecule has 0 aliphatic heterocycles. The van der Waals surface area contributed by atoms with Gasteiger partial charge in [-0.2, -0.15) is 0 Å². The van der Waals surface area contributed by atoms with E-state index < -0.39 is 0 Å². The highest BCUT2D eigenvalue weighted by molar-refractivity contribution is 9.10. The molecule has 0 bridgehead atoms. The number of benzene rings is 1. The minimum atomic E-state index is 0.0872. The second kappa shape index (κ2) is 6.24. The van der Waals surface area contributed by atoms with E-state index in [4.69, 9.17) is 16.0 Å². The number of hydrogen-bond acceptors (Lipinski definition) is 4. The van der Waals surface area contributed by atoms with E-state index in [-0.39, 0.29) is 5.54 Å². The summed E-state index contributed by atoms with van der Waals surface area (Å²) in [7, 11) is 0. The SMILES string of the molecule is CC(C)(C)NCCc1nnc(-c2ccc(Cl)c(Br)c2)o1. The highest BCUT2D eigenvalue weighted by Gasteiger charge is 2.12. The average Bonchev–Trinajstić information content (AvgIpc) is 2.80. The van der Waals surface area contributed by atoms with Crippen molar-refractivity contribution in [2.45, 2.75) is 32.7 Å². The number of nitrogens with zero attached hydrogens (tertiary/aromatic N) is 2. The van der Waals surface area contributed by atoms with Crippen LogP contribution in [-0.4, -0.2) is 22.3 Å². The number of aromatic nitrogens is 2. The zero-order valence-corrected chi connectivity index (χ0v) is 14.0. The Balaban J connectivity index is 2.03. The molecule has 0 spiro atoms. The van der Waals surface area contributed by atoms with Crippen LogP contribution in [0, 0.1) is 0 Å². The summed E-state index contributed by atoms with van der Waals surface area (Å²) in [5, 5.41) is 12.2. The summed E-state index contributed by atoms with van der Waals surface area (Å²) in [5.74, 6) is 1.14. The van der Waals surface area contributed by atoms with Gasteiger partial charge in [-0.15, -0.1) is 10.2 Å². The van der Waals surface area contributed by atoms with E-state index in [2.05, 4.69) is 52.2 Å². The first-order valence-electron chi connectivity index (χ1n) is 6.38. The Morgan fingerprint density at radius 1 is 1.30 bits per heavy atom. The zero-order valence-electron chi connectivity index (χ0n) is 11.7. The molecule has 2 rings (SSSR count). The van der Waals surface area contributed by atoms with Crippen LogP contribution >= 0.6 is 27.5 Å². The minimum absolute atomic E-state index is 0.0872. The third-order valence-corrected chi connectivity index (χ3v) is 3.84. The molecule has 0 aliphatic rings. The van der Waals surface area contributed by atoms with Gasteiger partial charge in [0.25, 0.3) is 0 Å². The number of nitrogens with one attached hydrogen (secondary N) is 1. The van der Waals surface area contributed by atoms with Crippen LogP contribution in [0.3, 0.4) is 0 Å². The fraction of sp³-hybridized carbons (Fsp3) is 0.429. The molecule has 0 atom stereocenters. The molecule has 0 amide bonds. The summed E-state index contributed by atoms with van der Waals surface area (Å²) in [5.41, 5.74) is 0.938. The Bertz CT molecular complexity index is 592. The van der Waals surface area contributed by atoms with Crippen LogP contribution in [0.1, 0.15) is 26.7 Å². The maximum Gasteiger partial charge on any atom is 0.247 e. The van der Waals surface area contributed by atoms with Gasteiger partial charge in [-0.05, 0) is 54.9 Å². The lowest BCUT2D eigenvalue weighted by atomic mass is 10.1. The van der Waals surface area contributed by atoms with Crippen molar-refractivity contribution >= 4 is 27.5 Å². The molecule has 0 aliphatic carbocycles. The lowest BCUT2D eigenvalue weighted by Gasteiger charge is -2.19. The Kier molecular flexibility index (Phi) is 4.83. The molecular formula is C14H17BrClN3O. The van der Waals surface area contributed by atoms with Crippen molar-refractivity contribution in [1.82, 2.24) is 15.5 Å². The summed E-state index contributed by atoms with van der Waals surface area (Å²) < 4.78 is 6.46. The number of hydrogen-bond donors (Lipinski definition) is 1. The standard InChI is InChI=1S/C14H17BrClN3O/c1-14(2,3)17-7-6-12-18-19-13(20-12)9-4-5-11(16)10(15)8-9/h4-5,8,17H,6-7H2,1-3H3. The van der Waals surface area contributed by atoms with Crippen molar-refractivity contribution in [3.63, 3.8) is 0 Å². The van der Waals surface area contributed by atoms with E-state index in [9.17, 15) is 0 Å². The molecule has 6 heteroatoms. The second-order valence-corrected chi connectivity index (χ2v) is 6.82. The summed E-state index contributed by atoms with van der Waals surface area (Å²) >= 11 is 9.34. The summed E-state index contributed by atoms with van der Waals surface area (Å²) in [6.07, 6.45) is 0.707. The van der Waals surface area contributed by atoms with Gasteiger partial charge in [0.1, 0.15) is 0 Å². The molecule has 0 unspecified atom stereocenters. The largest absolute Gasteiger partial charge is 0.421 e. The zero-order chi connectivity index (χ0) is 14.8. The molecular weight excluding hydrogens is 342 g/mol. The van der Waals surface area contributed by atoms with Gasteiger partial charge in [0, 0.05) is 28.5 Å². The first-order chi connectivity index (χ1) is 9.35. The number of halogens is 2. The van der Waals surface area contributed by atoms with Crippen molar-refractivity contribution in [3.8, 4) is 11.5 Å². The Morgan fingerprint density at radius 2 is 2.05 bits per heavy atom. The normalized spacial score (nSPS) is 11.8. The average molecular weight is 359 g/mol. The molecule has 1 aromatic heterocycles. The molecule has 108 valence electrons. The van der Waals surface area contributed by atoms with Gasteiger partial charge in [0.2, 0.25) is 11.8 Å². The lowest BCUT2D eigenvalue weighted by Crippen LogP contribution is -2.37. The fourth-order valence-corrected chi connectivity index (χ4v) is 2.14. The van der Waals surface area contributed by atoms with Crippen molar-refractivity contribution in [1.29, 1.82) is 0 Å². The highest BCUT2D eigenvalue weighted by atomic mass is 79.9. The molecule has 20 heavy (non-hydrogen) atoms. The number of rotatable bonds is 4. The minimum Gasteiger partial charge on any atom is -0.421 e. The predicted octanol–water partition coefficient (Wildman–Crippen LogP) is 4.08. The van der Waals surface area contributed by atoms with Crippen molar-refractivity contribution in [3.05, 3.63) is 33.6 Å². The molecule has 0 saturated carbocycles. The van der Waals surface area contributed by atoms with Crippen LogP contribution in [0.25, 0.3) is 11.5 Å². The van der Waals surface area contributed by atoms with Gasteiger partial charge in [-0.25, -0.2) is 0 Å². The maximum atomic E-state index is 5.96. The second-order valence-electron chi connectivity index (χ2n) is 5.56. The third-order valence-electron chi connectivity index (χ3n) is 2.63. The molecule has 2 aromatic rings. The van der Waals surface area contributed by atoms with Crippen LogP contribution in [0.4, 0.5) is 0 Å². The van der Waals surface area contributed by atoms with Crippen molar-refractivity contribution in [2.24, 2.45) is 0 Å². The van der Waals surface area contributed by atoms with Crippen LogP contribution in [0.5, 0.6) is 0 Å². The highest BCUT2D eigenvalue weighted by Crippen LogP contribution is 2.28. The third kappa shape index (κ3) is 4.30. The maximum absolute atomic E-state index is 5.96. The first kappa shape index (κ1) is 15.5. The molecule has 1 heterocycles. The van der Waals surface area contributed by atoms with E-state index in [0.717, 1.165) is 16.6 Å². The van der Waals surface area contributed by atoms with Crippen molar-refractivity contribution in [2.75, 3.05) is 6.54 Å². The van der Waals surface area contributed by atoms with E-state index in [0.29, 0.717) is 23.2 Å². The predicted molar refractivity (Wildman–Crippen MR) is 83.9 cm³/mol. The van der Waals surface area contributed by atoms with E-state index in [1.807, 2.05) is 12.1 Å². The summed E-state index contributed by atoms with van der Waals surface area (Å²) in [4.78, 5) is 0. The van der Waals surface area contributed by atoms with Crippen LogP contribution in [0.15, 0.2) is 27.1 Å². The van der Waals surface area contributed by atoms with E-state index in [1.165, 1.54) is 0 Å². The quantitative estimate of drug-likeness (QED) is 0.894. The topological polar surface area (TPSA) is 51.0 Å². The van der Waals surface area contributed by atoms with Gasteiger partial charge in [-0.1, -0.05) is 11.6 Å². The monoisotopic (exact) mass is 357 g/mol. The smallest absolute Gasteiger partial charge is 0.247 e. The summed E-state index contributed by atoms with van der Waals surface area (Å²) in [6, 6.07) is 5.52. The lowest BCUT2D eigenvalue weighted by molar-refractivity contribution is 0.412. The van der Waals surface area contributed by atoms with E-state index >= 15 is 0 Å².